The standard InChI is InChI=1S/C18H20Br2O4/c1-21-11-23-17-13(5-3-7-15(17)19)9-10-14-6-4-8-16(20)18(14)24-12-22-2/h3-8H,9-12H2,1-2H3. The number of ether oxygens (including phenoxy) is 4. The molecule has 0 heterocycles. The van der Waals surface area contributed by atoms with Crippen molar-refractivity contribution in [2.45, 2.75) is 12.8 Å². The van der Waals surface area contributed by atoms with Crippen molar-refractivity contribution in [3.05, 3.63) is 56.5 Å². The van der Waals surface area contributed by atoms with Crippen LogP contribution in [0.2, 0.25) is 0 Å². The molecule has 0 bridgehead atoms. The Labute approximate surface area is 159 Å². The van der Waals surface area contributed by atoms with Gasteiger partial charge in [0.2, 0.25) is 0 Å². The lowest BCUT2D eigenvalue weighted by Crippen LogP contribution is -2.05. The molecule has 0 aliphatic heterocycles. The van der Waals surface area contributed by atoms with Gasteiger partial charge in [-0.25, -0.2) is 0 Å². The van der Waals surface area contributed by atoms with Crippen LogP contribution in [0.3, 0.4) is 0 Å². The first-order valence-electron chi connectivity index (χ1n) is 7.45. The van der Waals surface area contributed by atoms with Crippen molar-refractivity contribution >= 4 is 31.9 Å². The van der Waals surface area contributed by atoms with Gasteiger partial charge in [-0.2, -0.15) is 0 Å². The van der Waals surface area contributed by atoms with Crippen LogP contribution in [0.4, 0.5) is 0 Å². The third-order valence-corrected chi connectivity index (χ3v) is 4.65. The van der Waals surface area contributed by atoms with Crippen LogP contribution in [0, 0.1) is 0 Å². The number of methoxy groups -OCH3 is 2. The first-order valence-corrected chi connectivity index (χ1v) is 9.04. The summed E-state index contributed by atoms with van der Waals surface area (Å²) in [6.07, 6.45) is 1.64. The molecule has 4 nitrogen and oxygen atoms in total. The Balaban J connectivity index is 2.16. The van der Waals surface area contributed by atoms with Crippen LogP contribution >= 0.6 is 31.9 Å². The maximum atomic E-state index is 5.69. The summed E-state index contributed by atoms with van der Waals surface area (Å²) < 4.78 is 23.3. The summed E-state index contributed by atoms with van der Waals surface area (Å²) in [4.78, 5) is 0. The molecule has 0 aliphatic carbocycles. The summed E-state index contributed by atoms with van der Waals surface area (Å²) in [5, 5.41) is 0. The zero-order chi connectivity index (χ0) is 17.4. The van der Waals surface area contributed by atoms with E-state index in [2.05, 4.69) is 44.0 Å². The van der Waals surface area contributed by atoms with Crippen LogP contribution in [0.5, 0.6) is 11.5 Å². The molecule has 24 heavy (non-hydrogen) atoms. The SMILES string of the molecule is COCOc1c(Br)cccc1CCc1cccc(Br)c1OCOC. The molecule has 0 unspecified atom stereocenters. The lowest BCUT2D eigenvalue weighted by atomic mass is 10.0. The molecular formula is C18H20Br2O4. The van der Waals surface area contributed by atoms with Gasteiger partial charge in [-0.3, -0.25) is 0 Å². The van der Waals surface area contributed by atoms with Gasteiger partial charge in [0.05, 0.1) is 8.95 Å². The van der Waals surface area contributed by atoms with E-state index in [9.17, 15) is 0 Å². The van der Waals surface area contributed by atoms with Crippen LogP contribution in [0.15, 0.2) is 45.3 Å². The predicted molar refractivity (Wildman–Crippen MR) is 101 cm³/mol. The van der Waals surface area contributed by atoms with Gasteiger partial charge in [-0.1, -0.05) is 24.3 Å². The molecule has 0 aliphatic rings. The Bertz CT molecular complexity index is 604. The molecule has 0 saturated heterocycles. The minimum Gasteiger partial charge on any atom is -0.466 e. The molecule has 2 aromatic carbocycles. The Morgan fingerprint density at radius 3 is 1.50 bits per heavy atom. The summed E-state index contributed by atoms with van der Waals surface area (Å²) in [6, 6.07) is 12.0. The van der Waals surface area contributed by atoms with Gasteiger partial charge in [0.15, 0.2) is 13.6 Å². The van der Waals surface area contributed by atoms with E-state index in [1.54, 1.807) is 14.2 Å². The highest BCUT2D eigenvalue weighted by atomic mass is 79.9. The number of benzene rings is 2. The summed E-state index contributed by atoms with van der Waals surface area (Å²) in [7, 11) is 3.22. The van der Waals surface area contributed by atoms with Crippen molar-refractivity contribution in [3.63, 3.8) is 0 Å². The lowest BCUT2D eigenvalue weighted by Gasteiger charge is -2.15. The molecule has 0 fully saturated rings. The van der Waals surface area contributed by atoms with Crippen molar-refractivity contribution in [3.8, 4) is 11.5 Å². The van der Waals surface area contributed by atoms with Gasteiger partial charge in [0, 0.05) is 14.2 Å². The number of halogens is 2. The second-order valence-corrected chi connectivity index (χ2v) is 6.77. The monoisotopic (exact) mass is 458 g/mol. The Hall–Kier alpha value is -1.08. The number of aryl methyl sites for hydroxylation is 2. The minimum atomic E-state index is 0.217. The predicted octanol–water partition coefficient (Wildman–Crippen LogP) is 4.96. The first kappa shape index (κ1) is 19.2. The molecule has 6 heteroatoms. The van der Waals surface area contributed by atoms with Gasteiger partial charge >= 0.3 is 0 Å². The number of hydrogen-bond acceptors (Lipinski definition) is 4. The van der Waals surface area contributed by atoms with Gasteiger partial charge in [-0.05, 0) is 68.0 Å². The Morgan fingerprint density at radius 1 is 0.708 bits per heavy atom. The van der Waals surface area contributed by atoms with Crippen molar-refractivity contribution in [1.29, 1.82) is 0 Å². The normalized spacial score (nSPS) is 10.7. The number of para-hydroxylation sites is 2. The molecule has 130 valence electrons. The molecule has 2 rings (SSSR count). The smallest absolute Gasteiger partial charge is 0.188 e. The van der Waals surface area contributed by atoms with Crippen LogP contribution in [-0.2, 0) is 22.3 Å². The largest absolute Gasteiger partial charge is 0.466 e. The third-order valence-electron chi connectivity index (χ3n) is 3.40. The number of hydrogen-bond donors (Lipinski definition) is 0. The average Bonchev–Trinajstić information content (AvgIpc) is 2.58. The highest BCUT2D eigenvalue weighted by Crippen LogP contribution is 2.33. The lowest BCUT2D eigenvalue weighted by molar-refractivity contribution is 0.0492. The van der Waals surface area contributed by atoms with Crippen molar-refractivity contribution in [2.24, 2.45) is 0 Å². The van der Waals surface area contributed by atoms with E-state index in [0.717, 1.165) is 44.4 Å². The zero-order valence-electron chi connectivity index (χ0n) is 13.7. The molecular weight excluding hydrogens is 440 g/mol. The van der Waals surface area contributed by atoms with E-state index in [4.69, 9.17) is 18.9 Å². The molecule has 0 N–H and O–H groups in total. The van der Waals surface area contributed by atoms with Crippen LogP contribution < -0.4 is 9.47 Å². The summed E-state index contributed by atoms with van der Waals surface area (Å²) in [5.41, 5.74) is 2.22. The fraction of sp³-hybridized carbons (Fsp3) is 0.333. The molecule has 0 aromatic heterocycles. The zero-order valence-corrected chi connectivity index (χ0v) is 16.9. The second-order valence-electron chi connectivity index (χ2n) is 5.06. The number of rotatable bonds is 9. The molecule has 0 radical (unpaired) electrons. The fourth-order valence-corrected chi connectivity index (χ4v) is 3.37. The van der Waals surface area contributed by atoms with Crippen molar-refractivity contribution in [2.75, 3.05) is 27.8 Å². The maximum absolute atomic E-state index is 5.69. The van der Waals surface area contributed by atoms with Crippen LogP contribution in [0.1, 0.15) is 11.1 Å². The summed E-state index contributed by atoms with van der Waals surface area (Å²) in [6.45, 7) is 0.434. The van der Waals surface area contributed by atoms with Gasteiger partial charge in [-0.15, -0.1) is 0 Å². The third kappa shape index (κ3) is 5.21. The van der Waals surface area contributed by atoms with E-state index < -0.39 is 0 Å². The highest BCUT2D eigenvalue weighted by Gasteiger charge is 2.12. The fourth-order valence-electron chi connectivity index (χ4n) is 2.33. The van der Waals surface area contributed by atoms with Gasteiger partial charge in [0.1, 0.15) is 11.5 Å². The van der Waals surface area contributed by atoms with Crippen molar-refractivity contribution in [1.82, 2.24) is 0 Å². The highest BCUT2D eigenvalue weighted by molar-refractivity contribution is 9.10. The summed E-state index contributed by atoms with van der Waals surface area (Å²) in [5.74, 6) is 1.63. The first-order chi connectivity index (χ1) is 11.7. The van der Waals surface area contributed by atoms with E-state index in [-0.39, 0.29) is 13.6 Å². The van der Waals surface area contributed by atoms with E-state index in [0.29, 0.717) is 0 Å². The quantitative estimate of drug-likeness (QED) is 0.496. The minimum absolute atomic E-state index is 0.217. The second kappa shape index (κ2) is 10.0. The van der Waals surface area contributed by atoms with Crippen molar-refractivity contribution < 1.29 is 18.9 Å². The average molecular weight is 460 g/mol. The van der Waals surface area contributed by atoms with E-state index in [1.807, 2.05) is 24.3 Å². The molecule has 2 aromatic rings. The molecule has 0 amide bonds. The molecule has 0 saturated carbocycles. The maximum Gasteiger partial charge on any atom is 0.188 e. The Kier molecular flexibility index (Phi) is 8.05. The molecule has 0 atom stereocenters. The van der Waals surface area contributed by atoms with Crippen LogP contribution in [0.25, 0.3) is 0 Å². The van der Waals surface area contributed by atoms with Gasteiger partial charge in [0.25, 0.3) is 0 Å². The van der Waals surface area contributed by atoms with E-state index in [1.165, 1.54) is 0 Å². The summed E-state index contributed by atoms with van der Waals surface area (Å²) >= 11 is 7.07. The van der Waals surface area contributed by atoms with Gasteiger partial charge < -0.3 is 18.9 Å². The molecule has 0 spiro atoms. The van der Waals surface area contributed by atoms with Crippen LogP contribution in [-0.4, -0.2) is 27.8 Å². The Morgan fingerprint density at radius 2 is 1.12 bits per heavy atom. The topological polar surface area (TPSA) is 36.9 Å². The van der Waals surface area contributed by atoms with E-state index >= 15 is 0 Å².